The Kier molecular flexibility index (Phi) is 3.08. The SMILES string of the molecule is Cc1ccc(N2CC(Cl)=C(Cl)C(=O)N2)cc1. The third kappa shape index (κ3) is 2.15. The number of hydrazine groups is 1. The second kappa shape index (κ2) is 4.36. The number of carbonyl (C=O) groups excluding carboxylic acids is 1. The number of hydrogen-bond acceptors (Lipinski definition) is 2. The zero-order chi connectivity index (χ0) is 11.7. The predicted molar refractivity (Wildman–Crippen MR) is 65.4 cm³/mol. The van der Waals surface area contributed by atoms with Gasteiger partial charge in [0.2, 0.25) is 0 Å². The van der Waals surface area contributed by atoms with Crippen LogP contribution in [0.15, 0.2) is 34.3 Å². The number of anilines is 1. The number of carbonyl (C=O) groups is 1. The van der Waals surface area contributed by atoms with Crippen molar-refractivity contribution in [3.8, 4) is 0 Å². The molecule has 1 heterocycles. The van der Waals surface area contributed by atoms with E-state index in [0.29, 0.717) is 11.6 Å². The lowest BCUT2D eigenvalue weighted by atomic mass is 10.2. The summed E-state index contributed by atoms with van der Waals surface area (Å²) in [6, 6.07) is 7.77. The van der Waals surface area contributed by atoms with Crippen molar-refractivity contribution >= 4 is 34.8 Å². The smallest absolute Gasteiger partial charge is 0.280 e. The first-order valence-electron chi connectivity index (χ1n) is 4.77. The van der Waals surface area contributed by atoms with E-state index in [1.165, 1.54) is 0 Å². The van der Waals surface area contributed by atoms with Crippen LogP contribution < -0.4 is 10.4 Å². The minimum atomic E-state index is -0.376. The number of halogens is 2. The highest BCUT2D eigenvalue weighted by Crippen LogP contribution is 2.23. The molecule has 3 nitrogen and oxygen atoms in total. The molecule has 0 aliphatic carbocycles. The summed E-state index contributed by atoms with van der Waals surface area (Å²) in [5, 5.41) is 2.08. The molecular formula is C11H10Cl2N2O. The lowest BCUT2D eigenvalue weighted by Crippen LogP contribution is -2.47. The molecule has 0 radical (unpaired) electrons. The van der Waals surface area contributed by atoms with Crippen molar-refractivity contribution in [3.63, 3.8) is 0 Å². The minimum absolute atomic E-state index is 0.0602. The molecule has 1 aromatic rings. The Balaban J connectivity index is 2.25. The quantitative estimate of drug-likeness (QED) is 0.838. The molecule has 1 aliphatic rings. The lowest BCUT2D eigenvalue weighted by molar-refractivity contribution is -0.117. The van der Waals surface area contributed by atoms with Crippen molar-refractivity contribution in [2.45, 2.75) is 6.92 Å². The number of aryl methyl sites for hydroxylation is 1. The first-order chi connectivity index (χ1) is 7.58. The standard InChI is InChI=1S/C11H10Cl2N2O/c1-7-2-4-8(5-3-7)15-6-9(12)10(13)11(16)14-15/h2-5H,6H2,1H3,(H,14,16). The number of amides is 1. The molecule has 0 atom stereocenters. The van der Waals surface area contributed by atoms with Crippen LogP contribution in [-0.4, -0.2) is 12.5 Å². The molecule has 84 valence electrons. The first-order valence-corrected chi connectivity index (χ1v) is 5.53. The fourth-order valence-electron chi connectivity index (χ4n) is 1.42. The Morgan fingerprint density at radius 1 is 1.25 bits per heavy atom. The molecule has 0 spiro atoms. The van der Waals surface area contributed by atoms with Crippen LogP contribution in [0.1, 0.15) is 5.56 Å². The Bertz CT molecular complexity index is 454. The van der Waals surface area contributed by atoms with Crippen molar-refractivity contribution < 1.29 is 4.79 Å². The van der Waals surface area contributed by atoms with Gasteiger partial charge in [-0.05, 0) is 19.1 Å². The van der Waals surface area contributed by atoms with Crippen LogP contribution in [0.4, 0.5) is 5.69 Å². The van der Waals surface area contributed by atoms with Crippen LogP contribution in [0.5, 0.6) is 0 Å². The summed E-state index contributed by atoms with van der Waals surface area (Å²) < 4.78 is 0. The maximum Gasteiger partial charge on any atom is 0.282 e. The van der Waals surface area contributed by atoms with Gasteiger partial charge in [0.25, 0.3) is 5.91 Å². The van der Waals surface area contributed by atoms with E-state index < -0.39 is 0 Å². The molecule has 0 unspecified atom stereocenters. The number of nitrogens with one attached hydrogen (secondary N) is 1. The number of hydrogen-bond donors (Lipinski definition) is 1. The van der Waals surface area contributed by atoms with Crippen molar-refractivity contribution in [1.29, 1.82) is 0 Å². The zero-order valence-corrected chi connectivity index (χ0v) is 10.1. The molecule has 1 aliphatic heterocycles. The molecular weight excluding hydrogens is 247 g/mol. The van der Waals surface area contributed by atoms with Crippen LogP contribution in [0, 0.1) is 6.92 Å². The zero-order valence-electron chi connectivity index (χ0n) is 8.63. The van der Waals surface area contributed by atoms with Crippen molar-refractivity contribution in [2.75, 3.05) is 11.6 Å². The molecule has 0 saturated carbocycles. The van der Waals surface area contributed by atoms with Crippen molar-refractivity contribution in [3.05, 3.63) is 39.9 Å². The highest BCUT2D eigenvalue weighted by atomic mass is 35.5. The molecule has 5 heteroatoms. The summed E-state index contributed by atoms with van der Waals surface area (Å²) in [5.74, 6) is -0.376. The van der Waals surface area contributed by atoms with Gasteiger partial charge in [0.15, 0.2) is 0 Å². The Morgan fingerprint density at radius 2 is 1.88 bits per heavy atom. The molecule has 1 N–H and O–H groups in total. The van der Waals surface area contributed by atoms with Crippen molar-refractivity contribution in [2.24, 2.45) is 0 Å². The molecule has 0 aromatic heterocycles. The van der Waals surface area contributed by atoms with Gasteiger partial charge in [-0.25, -0.2) is 0 Å². The number of rotatable bonds is 1. The summed E-state index contributed by atoms with van der Waals surface area (Å²) in [6.45, 7) is 2.39. The molecule has 0 saturated heterocycles. The Morgan fingerprint density at radius 3 is 2.44 bits per heavy atom. The topological polar surface area (TPSA) is 32.3 Å². The van der Waals surface area contributed by atoms with E-state index in [2.05, 4.69) is 5.43 Å². The van der Waals surface area contributed by atoms with Gasteiger partial charge in [-0.3, -0.25) is 15.2 Å². The van der Waals surface area contributed by atoms with Crippen LogP contribution >= 0.6 is 23.2 Å². The molecule has 0 bridgehead atoms. The monoisotopic (exact) mass is 256 g/mol. The lowest BCUT2D eigenvalue weighted by Gasteiger charge is -2.28. The van der Waals surface area contributed by atoms with Gasteiger partial charge in [0.1, 0.15) is 5.03 Å². The average Bonchev–Trinajstić information content (AvgIpc) is 2.26. The predicted octanol–water partition coefficient (Wildman–Crippen LogP) is 2.54. The Labute approximate surface area is 104 Å². The summed E-state index contributed by atoms with van der Waals surface area (Å²) in [5.41, 5.74) is 4.69. The van der Waals surface area contributed by atoms with Gasteiger partial charge in [-0.1, -0.05) is 40.9 Å². The van der Waals surface area contributed by atoms with Crippen LogP contribution in [-0.2, 0) is 4.79 Å². The van der Waals surface area contributed by atoms with Gasteiger partial charge in [0, 0.05) is 0 Å². The highest BCUT2D eigenvalue weighted by molar-refractivity contribution is 6.48. The van der Waals surface area contributed by atoms with Gasteiger partial charge >= 0.3 is 0 Å². The third-order valence-corrected chi connectivity index (χ3v) is 3.12. The molecule has 1 aromatic carbocycles. The summed E-state index contributed by atoms with van der Waals surface area (Å²) >= 11 is 11.6. The third-order valence-electron chi connectivity index (χ3n) is 2.32. The summed E-state index contributed by atoms with van der Waals surface area (Å²) in [4.78, 5) is 11.4. The second-order valence-corrected chi connectivity index (χ2v) is 4.42. The van der Waals surface area contributed by atoms with Gasteiger partial charge in [-0.2, -0.15) is 0 Å². The van der Waals surface area contributed by atoms with Crippen LogP contribution in [0.3, 0.4) is 0 Å². The first kappa shape index (κ1) is 11.3. The number of nitrogens with zero attached hydrogens (tertiary/aromatic N) is 1. The highest BCUT2D eigenvalue weighted by Gasteiger charge is 2.23. The number of benzene rings is 1. The maximum atomic E-state index is 11.4. The van der Waals surface area contributed by atoms with E-state index in [4.69, 9.17) is 23.2 Å². The molecule has 0 fully saturated rings. The molecule has 16 heavy (non-hydrogen) atoms. The second-order valence-electron chi connectivity index (χ2n) is 3.58. The van der Waals surface area contributed by atoms with E-state index >= 15 is 0 Å². The maximum absolute atomic E-state index is 11.4. The van der Waals surface area contributed by atoms with Gasteiger partial charge < -0.3 is 0 Å². The van der Waals surface area contributed by atoms with E-state index in [-0.39, 0.29) is 10.9 Å². The molecule has 2 rings (SSSR count). The fourth-order valence-corrected chi connectivity index (χ4v) is 1.73. The van der Waals surface area contributed by atoms with Crippen LogP contribution in [0.2, 0.25) is 0 Å². The van der Waals surface area contributed by atoms with E-state index in [1.807, 2.05) is 31.2 Å². The molecule has 1 amide bonds. The average molecular weight is 257 g/mol. The van der Waals surface area contributed by atoms with Crippen LogP contribution in [0.25, 0.3) is 0 Å². The minimum Gasteiger partial charge on any atom is -0.280 e. The van der Waals surface area contributed by atoms with E-state index in [9.17, 15) is 4.79 Å². The largest absolute Gasteiger partial charge is 0.282 e. The van der Waals surface area contributed by atoms with E-state index in [0.717, 1.165) is 11.3 Å². The van der Waals surface area contributed by atoms with Crippen molar-refractivity contribution in [1.82, 2.24) is 5.43 Å². The summed E-state index contributed by atoms with van der Waals surface area (Å²) in [7, 11) is 0. The van der Waals surface area contributed by atoms with Gasteiger partial charge in [0.05, 0.1) is 17.3 Å². The summed E-state index contributed by atoms with van der Waals surface area (Å²) in [6.07, 6.45) is 0. The fraction of sp³-hybridized carbons (Fsp3) is 0.182. The Hall–Kier alpha value is -1.19. The normalized spacial score (nSPS) is 16.4. The van der Waals surface area contributed by atoms with Gasteiger partial charge in [-0.15, -0.1) is 0 Å². The van der Waals surface area contributed by atoms with E-state index in [1.54, 1.807) is 5.01 Å².